The highest BCUT2D eigenvalue weighted by Crippen LogP contribution is 2.34. The zero-order valence-corrected chi connectivity index (χ0v) is 19.5. The Morgan fingerprint density at radius 1 is 0.970 bits per heavy atom. The highest BCUT2D eigenvalue weighted by atomic mass is 32.2. The fourth-order valence-electron chi connectivity index (χ4n) is 3.15. The number of carbonyl (C=O) groups is 1. The maximum Gasteiger partial charge on any atom is 0.265 e. The van der Waals surface area contributed by atoms with Crippen molar-refractivity contribution in [3.05, 3.63) is 89.7 Å². The molecule has 2 aromatic carbocycles. The Morgan fingerprint density at radius 2 is 1.85 bits per heavy atom. The van der Waals surface area contributed by atoms with E-state index >= 15 is 0 Å². The van der Waals surface area contributed by atoms with Gasteiger partial charge in [-0.05, 0) is 54.6 Å². The lowest BCUT2D eigenvalue weighted by atomic mass is 10.3. The molecule has 0 aliphatic heterocycles. The van der Waals surface area contributed by atoms with Gasteiger partial charge in [0.05, 0.1) is 37.7 Å². The van der Waals surface area contributed by atoms with Crippen molar-refractivity contribution in [1.29, 1.82) is 0 Å². The first-order valence-corrected chi connectivity index (χ1v) is 13.0. The highest BCUT2D eigenvalue weighted by Gasteiger charge is 2.17. The van der Waals surface area contributed by atoms with Gasteiger partial charge in [0.15, 0.2) is 0 Å². The molecule has 0 fully saturated rings. The Balaban J connectivity index is 1.30. The predicted octanol–water partition coefficient (Wildman–Crippen LogP) is 5.35. The molecule has 166 valence electrons. The van der Waals surface area contributed by atoms with E-state index in [1.165, 1.54) is 29.7 Å². The lowest BCUT2D eigenvalue weighted by Crippen LogP contribution is -2.23. The SMILES string of the molecule is O=C(Nc1cccc(S(=O)(=O)NCc2ccco2)c1)c1ccc(-c2nc3ccccc3s2)s1. The molecular formula is C23H17N3O4S3. The molecule has 10 heteroatoms. The summed E-state index contributed by atoms with van der Waals surface area (Å²) in [6.45, 7) is 0.0374. The van der Waals surface area contributed by atoms with Crippen molar-refractivity contribution in [1.82, 2.24) is 9.71 Å². The van der Waals surface area contributed by atoms with Crippen molar-refractivity contribution in [2.24, 2.45) is 0 Å². The number of amides is 1. The van der Waals surface area contributed by atoms with E-state index in [1.807, 2.05) is 30.3 Å². The van der Waals surface area contributed by atoms with Gasteiger partial charge in [-0.2, -0.15) is 0 Å². The van der Waals surface area contributed by atoms with Gasteiger partial charge < -0.3 is 9.73 Å². The number of hydrogen-bond donors (Lipinski definition) is 2. The van der Waals surface area contributed by atoms with E-state index < -0.39 is 10.0 Å². The fraction of sp³-hybridized carbons (Fsp3) is 0.0435. The van der Waals surface area contributed by atoms with Crippen LogP contribution in [-0.2, 0) is 16.6 Å². The summed E-state index contributed by atoms with van der Waals surface area (Å²) in [7, 11) is -3.77. The van der Waals surface area contributed by atoms with E-state index in [0.29, 0.717) is 16.3 Å². The molecule has 0 bridgehead atoms. The Hall–Kier alpha value is -3.31. The normalized spacial score (nSPS) is 11.6. The molecule has 5 aromatic rings. The summed E-state index contributed by atoms with van der Waals surface area (Å²) in [6, 6.07) is 21.0. The fourth-order valence-corrected chi connectivity index (χ4v) is 6.11. The van der Waals surface area contributed by atoms with Gasteiger partial charge in [-0.1, -0.05) is 18.2 Å². The van der Waals surface area contributed by atoms with Gasteiger partial charge in [-0.15, -0.1) is 22.7 Å². The van der Waals surface area contributed by atoms with E-state index in [1.54, 1.807) is 41.7 Å². The second kappa shape index (κ2) is 8.91. The Bertz CT molecular complexity index is 1500. The van der Waals surface area contributed by atoms with E-state index in [2.05, 4.69) is 15.0 Å². The Morgan fingerprint density at radius 3 is 2.67 bits per heavy atom. The summed E-state index contributed by atoms with van der Waals surface area (Å²) in [5, 5.41) is 3.63. The van der Waals surface area contributed by atoms with E-state index in [9.17, 15) is 13.2 Å². The van der Waals surface area contributed by atoms with Crippen LogP contribution >= 0.6 is 22.7 Å². The van der Waals surface area contributed by atoms with Crippen LogP contribution in [0.15, 0.2) is 88.4 Å². The van der Waals surface area contributed by atoms with Crippen molar-refractivity contribution < 1.29 is 17.6 Å². The molecule has 0 spiro atoms. The monoisotopic (exact) mass is 495 g/mol. The lowest BCUT2D eigenvalue weighted by molar-refractivity contribution is 0.103. The van der Waals surface area contributed by atoms with Crippen LogP contribution in [0.3, 0.4) is 0 Å². The Labute approximate surface area is 197 Å². The number of hydrogen-bond acceptors (Lipinski definition) is 7. The van der Waals surface area contributed by atoms with Crippen molar-refractivity contribution in [2.75, 3.05) is 5.32 Å². The molecule has 0 atom stereocenters. The topological polar surface area (TPSA) is 101 Å². The van der Waals surface area contributed by atoms with Crippen LogP contribution in [0.4, 0.5) is 5.69 Å². The number of sulfonamides is 1. The molecular weight excluding hydrogens is 478 g/mol. The van der Waals surface area contributed by atoms with Crippen LogP contribution in [-0.4, -0.2) is 19.3 Å². The zero-order valence-electron chi connectivity index (χ0n) is 17.0. The molecule has 3 heterocycles. The van der Waals surface area contributed by atoms with Gasteiger partial charge in [0, 0.05) is 5.69 Å². The average molecular weight is 496 g/mol. The van der Waals surface area contributed by atoms with E-state index in [0.717, 1.165) is 20.1 Å². The summed E-state index contributed by atoms with van der Waals surface area (Å²) >= 11 is 2.91. The first-order chi connectivity index (χ1) is 16.0. The number of para-hydroxylation sites is 1. The number of benzene rings is 2. The molecule has 0 unspecified atom stereocenters. The molecule has 3 aromatic heterocycles. The molecule has 2 N–H and O–H groups in total. The highest BCUT2D eigenvalue weighted by molar-refractivity contribution is 7.89. The summed E-state index contributed by atoms with van der Waals surface area (Å²) in [5.74, 6) is 0.190. The number of anilines is 1. The van der Waals surface area contributed by atoms with Crippen molar-refractivity contribution in [3.8, 4) is 9.88 Å². The number of nitrogens with one attached hydrogen (secondary N) is 2. The van der Waals surface area contributed by atoms with Gasteiger partial charge in [0.2, 0.25) is 10.0 Å². The maximum absolute atomic E-state index is 12.8. The molecule has 0 saturated heterocycles. The second-order valence-electron chi connectivity index (χ2n) is 7.04. The minimum Gasteiger partial charge on any atom is -0.468 e. The number of nitrogens with zero attached hydrogens (tertiary/aromatic N) is 1. The number of fused-ring (bicyclic) bond motifs is 1. The minimum absolute atomic E-state index is 0.0374. The van der Waals surface area contributed by atoms with Crippen molar-refractivity contribution in [3.63, 3.8) is 0 Å². The van der Waals surface area contributed by atoms with Crippen LogP contribution in [0.1, 0.15) is 15.4 Å². The summed E-state index contributed by atoms with van der Waals surface area (Å²) < 4.78 is 33.9. The molecule has 5 rings (SSSR count). The molecule has 0 aliphatic carbocycles. The van der Waals surface area contributed by atoms with Crippen LogP contribution in [0.2, 0.25) is 0 Å². The molecule has 7 nitrogen and oxygen atoms in total. The molecule has 1 amide bonds. The number of aromatic nitrogens is 1. The molecule has 0 radical (unpaired) electrons. The smallest absolute Gasteiger partial charge is 0.265 e. The third-order valence-corrected chi connectivity index (χ3v) is 8.44. The van der Waals surface area contributed by atoms with E-state index in [4.69, 9.17) is 4.42 Å². The summed E-state index contributed by atoms with van der Waals surface area (Å²) in [4.78, 5) is 18.9. The number of rotatable bonds is 7. The van der Waals surface area contributed by atoms with Crippen LogP contribution < -0.4 is 10.0 Å². The standard InChI is InChI=1S/C23H17N3O4S3/c27-22(20-10-11-21(31-20)23-26-18-8-1-2-9-19(18)32-23)25-15-5-3-7-17(13-15)33(28,29)24-14-16-6-4-12-30-16/h1-13,24H,14H2,(H,25,27). The molecule has 0 aliphatic rings. The predicted molar refractivity (Wildman–Crippen MR) is 130 cm³/mol. The van der Waals surface area contributed by atoms with Crippen LogP contribution in [0.5, 0.6) is 0 Å². The first kappa shape index (κ1) is 21.5. The quantitative estimate of drug-likeness (QED) is 0.317. The average Bonchev–Trinajstić information content (AvgIpc) is 3.58. The van der Waals surface area contributed by atoms with Crippen molar-refractivity contribution >= 4 is 54.5 Å². The zero-order chi connectivity index (χ0) is 22.8. The number of furan rings is 1. The Kier molecular flexibility index (Phi) is 5.81. The van der Waals surface area contributed by atoms with Gasteiger partial charge >= 0.3 is 0 Å². The summed E-state index contributed by atoms with van der Waals surface area (Å²) in [5.41, 5.74) is 1.31. The molecule has 33 heavy (non-hydrogen) atoms. The van der Waals surface area contributed by atoms with Gasteiger partial charge in [0.25, 0.3) is 5.91 Å². The number of thiazole rings is 1. The first-order valence-electron chi connectivity index (χ1n) is 9.87. The molecule has 0 saturated carbocycles. The minimum atomic E-state index is -3.77. The largest absolute Gasteiger partial charge is 0.468 e. The summed E-state index contributed by atoms with van der Waals surface area (Å²) in [6.07, 6.45) is 1.48. The van der Waals surface area contributed by atoms with Crippen LogP contribution in [0, 0.1) is 0 Å². The third-order valence-electron chi connectivity index (χ3n) is 4.75. The van der Waals surface area contributed by atoms with Gasteiger partial charge in [-0.3, -0.25) is 4.79 Å². The second-order valence-corrected chi connectivity index (χ2v) is 10.9. The van der Waals surface area contributed by atoms with Gasteiger partial charge in [-0.25, -0.2) is 18.1 Å². The number of thiophene rings is 1. The third kappa shape index (κ3) is 4.74. The number of carbonyl (C=O) groups excluding carboxylic acids is 1. The maximum atomic E-state index is 12.8. The van der Waals surface area contributed by atoms with E-state index in [-0.39, 0.29) is 17.3 Å². The van der Waals surface area contributed by atoms with Gasteiger partial charge in [0.1, 0.15) is 10.8 Å². The van der Waals surface area contributed by atoms with Crippen molar-refractivity contribution in [2.45, 2.75) is 11.4 Å². The lowest BCUT2D eigenvalue weighted by Gasteiger charge is -2.08. The van der Waals surface area contributed by atoms with Crippen LogP contribution in [0.25, 0.3) is 20.1 Å².